The molecular weight excluding hydrogens is 1230 g/mol. The van der Waals surface area contributed by atoms with Crippen LogP contribution in [0.2, 0.25) is 0 Å². The van der Waals surface area contributed by atoms with Crippen molar-refractivity contribution in [1.82, 2.24) is 0 Å². The van der Waals surface area contributed by atoms with E-state index in [1.54, 1.807) is 0 Å². The summed E-state index contributed by atoms with van der Waals surface area (Å²) in [4.78, 5) is 63.7. The van der Waals surface area contributed by atoms with Gasteiger partial charge in [-0.2, -0.15) is 43.9 Å². The largest absolute Gasteiger partial charge is 0.743 e. The Balaban J connectivity index is 0.000000200. The molecule has 2 aromatic rings. The zero-order valence-electron chi connectivity index (χ0n) is 46.6. The molecule has 9 rings (SSSR count). The Kier molecular flexibility index (Phi) is 24.2. The third-order valence-electron chi connectivity index (χ3n) is 16.7. The van der Waals surface area contributed by atoms with Crippen molar-refractivity contribution in [3.8, 4) is 0 Å². The molecule has 85 heavy (non-hydrogen) atoms. The van der Waals surface area contributed by atoms with Crippen molar-refractivity contribution in [2.24, 2.45) is 47.3 Å². The number of rotatable bonds is 16. The zero-order chi connectivity index (χ0) is 62.9. The van der Waals surface area contributed by atoms with E-state index in [0.29, 0.717) is 91.8 Å². The highest BCUT2D eigenvalue weighted by Crippen LogP contribution is 2.55. The van der Waals surface area contributed by atoms with Gasteiger partial charge in [0.2, 0.25) is 5.78 Å². The first kappa shape index (κ1) is 69.9. The first-order valence-electron chi connectivity index (χ1n) is 28.1. The number of alkyl halides is 10. The molecular formula is C56H70F10O15S4. The smallest absolute Gasteiger partial charge is 0.432 e. The maximum atomic E-state index is 13.7. The van der Waals surface area contributed by atoms with E-state index in [-0.39, 0.29) is 24.0 Å². The van der Waals surface area contributed by atoms with Crippen LogP contribution in [0.5, 0.6) is 0 Å². The maximum Gasteiger partial charge on any atom is 0.432 e. The monoisotopic (exact) mass is 1300 g/mol. The molecule has 0 radical (unpaired) electrons. The van der Waals surface area contributed by atoms with Gasteiger partial charge in [-0.3, -0.25) is 24.0 Å². The van der Waals surface area contributed by atoms with Crippen LogP contribution in [0.1, 0.15) is 126 Å². The summed E-state index contributed by atoms with van der Waals surface area (Å²) < 4.78 is 216. The van der Waals surface area contributed by atoms with Gasteiger partial charge in [-0.15, -0.1) is 0 Å². The van der Waals surface area contributed by atoms with Gasteiger partial charge in [-0.25, -0.2) is 16.8 Å². The molecule has 478 valence electrons. The highest BCUT2D eigenvalue weighted by molar-refractivity contribution is 7.97. The number of hydrogen-bond donors (Lipinski definition) is 0. The van der Waals surface area contributed by atoms with E-state index in [4.69, 9.17) is 9.47 Å². The van der Waals surface area contributed by atoms with Crippen molar-refractivity contribution in [2.45, 2.75) is 168 Å². The van der Waals surface area contributed by atoms with Crippen molar-refractivity contribution in [3.05, 3.63) is 66.2 Å². The van der Waals surface area contributed by atoms with Crippen molar-refractivity contribution >= 4 is 71.7 Å². The molecule has 0 spiro atoms. The predicted octanol–water partition coefficient (Wildman–Crippen LogP) is 10.5. The third-order valence-corrected chi connectivity index (χ3v) is 22.1. The van der Waals surface area contributed by atoms with Crippen molar-refractivity contribution < 1.29 is 113 Å². The zero-order valence-corrected chi connectivity index (χ0v) is 49.9. The van der Waals surface area contributed by atoms with Gasteiger partial charge in [0.05, 0.1) is 23.7 Å². The molecule has 0 N–H and O–H groups in total. The van der Waals surface area contributed by atoms with Crippen molar-refractivity contribution in [2.75, 3.05) is 29.8 Å². The molecule has 10 unspecified atom stereocenters. The van der Waals surface area contributed by atoms with Crippen LogP contribution in [-0.4, -0.2) is 133 Å². The molecule has 7 fully saturated rings. The van der Waals surface area contributed by atoms with E-state index in [2.05, 4.69) is 52.3 Å². The minimum atomic E-state index is -6.79. The number of ether oxygens (including phenoxy) is 4. The van der Waals surface area contributed by atoms with E-state index < -0.39 is 115 Å². The van der Waals surface area contributed by atoms with E-state index in [1.807, 2.05) is 30.3 Å². The second kappa shape index (κ2) is 29.4. The first-order chi connectivity index (χ1) is 39.6. The lowest BCUT2D eigenvalue weighted by Crippen LogP contribution is -2.53. The number of ketones is 1. The van der Waals surface area contributed by atoms with E-state index in [0.717, 1.165) is 49.8 Å². The fourth-order valence-electron chi connectivity index (χ4n) is 12.5. The van der Waals surface area contributed by atoms with E-state index in [9.17, 15) is 93.8 Å². The van der Waals surface area contributed by atoms with Crippen molar-refractivity contribution in [1.29, 1.82) is 0 Å². The maximum absolute atomic E-state index is 13.7. The van der Waals surface area contributed by atoms with Crippen molar-refractivity contribution in [3.63, 3.8) is 0 Å². The number of benzene rings is 2. The summed E-state index contributed by atoms with van der Waals surface area (Å²) in [6, 6.07) is 20.2. The highest BCUT2D eigenvalue weighted by Gasteiger charge is 2.66. The average Bonchev–Trinajstić information content (AvgIpc) is 1.89. The Morgan fingerprint density at radius 2 is 0.835 bits per heavy atom. The third kappa shape index (κ3) is 18.2. The number of Topliss-reactive ketones (excluding diaryl/α,β-unsaturated/α-hetero) is 1. The fraction of sp³-hybridized carbons (Fsp3) is 0.696. The molecule has 4 bridgehead atoms. The van der Waals surface area contributed by atoms with E-state index >= 15 is 0 Å². The number of esters is 4. The van der Waals surface area contributed by atoms with Crippen LogP contribution in [-0.2, 0) is 80.2 Å². The number of hydrogen-bond acceptors (Lipinski definition) is 15. The molecule has 1 heterocycles. The predicted molar refractivity (Wildman–Crippen MR) is 289 cm³/mol. The average molecular weight is 1300 g/mol. The molecule has 7 aliphatic rings. The molecule has 0 aromatic heterocycles. The van der Waals surface area contributed by atoms with Gasteiger partial charge in [0.1, 0.15) is 36.2 Å². The summed E-state index contributed by atoms with van der Waals surface area (Å²) in [5.74, 6) is -8.59. The molecule has 29 heteroatoms. The van der Waals surface area contributed by atoms with Gasteiger partial charge in [0, 0.05) is 16.5 Å². The molecule has 6 aliphatic carbocycles. The Labute approximate surface area is 493 Å². The highest BCUT2D eigenvalue weighted by atomic mass is 32.2. The summed E-state index contributed by atoms with van der Waals surface area (Å²) in [5.41, 5.74) is 0.881. The fourth-order valence-corrected chi connectivity index (χ4v) is 16.4. The van der Waals surface area contributed by atoms with Gasteiger partial charge in [0.15, 0.2) is 30.9 Å². The van der Waals surface area contributed by atoms with E-state index in [1.165, 1.54) is 29.2 Å². The van der Waals surface area contributed by atoms with Gasteiger partial charge >= 0.3 is 46.7 Å². The van der Waals surface area contributed by atoms with Crippen LogP contribution in [0.25, 0.3) is 0 Å². The number of fused-ring (bicyclic) bond motifs is 4. The molecule has 2 aromatic carbocycles. The van der Waals surface area contributed by atoms with Crippen LogP contribution < -0.4 is 0 Å². The Morgan fingerprint density at radius 3 is 1.14 bits per heavy atom. The quantitative estimate of drug-likeness (QED) is 0.0379. The summed E-state index contributed by atoms with van der Waals surface area (Å²) in [6.45, 7) is 0. The molecule has 15 nitrogen and oxygen atoms in total. The number of carbonyl (C=O) groups is 5. The lowest BCUT2D eigenvalue weighted by Gasteiger charge is -2.34. The first-order valence-corrected chi connectivity index (χ1v) is 34.7. The molecule has 1 aliphatic heterocycles. The standard InChI is InChI=1S/2C18H23F5O7S.C12H15OS.C8H11S/c2*19-17(20,21)16(18(22,23)31(26,27)28)30-15(25)13-10-7-6-9(8-10)12(13)14(24)29-11-4-2-1-3-5-11;13-12(10-14-8-4-5-9-14)11-6-2-1-3-7-11;1-9(2)8-6-4-3-5-7-8/h2*9-13,16H,1-8H2,(H,26,27,28);1-3,6-7H,4-5,8-10H2;3-7H,1-2H3/q;;2*+1/p-2. The summed E-state index contributed by atoms with van der Waals surface area (Å²) >= 11 is 0. The minimum absolute atomic E-state index is 0.317. The SMILES string of the molecule is C[S+](C)c1ccccc1.O=C(C[S+]1CCCC1)c1ccccc1.O=C(OC1CCCCC1)C1C2CCC(C2)C1C(=O)OC(C(F)(F)F)C(F)(F)S(=O)(=O)[O-].O=C(OC1CCCCC1)C1C2CCC(C2)C1C(=O)OC(C(F)(F)F)C(F)(F)S(=O)(=O)[O-]. The van der Waals surface area contributed by atoms with Gasteiger partial charge in [0.25, 0.3) is 12.2 Å². The second-order valence-electron chi connectivity index (χ2n) is 22.7. The van der Waals surface area contributed by atoms with Crippen LogP contribution in [0, 0.1) is 47.3 Å². The molecule has 6 saturated carbocycles. The number of halogens is 10. The second-order valence-corrected chi connectivity index (χ2v) is 30.0. The van der Waals surface area contributed by atoms with Gasteiger partial charge in [-0.05, 0) is 149 Å². The normalized spacial score (nSPS) is 26.3. The van der Waals surface area contributed by atoms with Crippen LogP contribution in [0.15, 0.2) is 65.6 Å². The molecule has 10 atom stereocenters. The van der Waals surface area contributed by atoms with Crippen LogP contribution in [0.4, 0.5) is 43.9 Å². The Hall–Kier alpha value is -4.19. The molecule has 0 amide bonds. The Bertz CT molecular complexity index is 2660. The lowest BCUT2D eigenvalue weighted by molar-refractivity contribution is -0.262. The Morgan fingerprint density at radius 1 is 0.506 bits per heavy atom. The summed E-state index contributed by atoms with van der Waals surface area (Å²) in [5, 5.41) is -11.8. The summed E-state index contributed by atoms with van der Waals surface area (Å²) in [6.07, 6.45) is -4.41. The number of carbonyl (C=O) groups excluding carboxylic acids is 5. The van der Waals surface area contributed by atoms with Crippen LogP contribution in [0.3, 0.4) is 0 Å². The minimum Gasteiger partial charge on any atom is -0.743 e. The molecule has 1 saturated heterocycles. The van der Waals surface area contributed by atoms with Gasteiger partial charge in [-0.1, -0.05) is 61.4 Å². The van der Waals surface area contributed by atoms with Crippen LogP contribution >= 0.6 is 0 Å². The summed E-state index contributed by atoms with van der Waals surface area (Å²) in [7, 11) is -12.8. The lowest BCUT2D eigenvalue weighted by atomic mass is 9.79. The topological polar surface area (TPSA) is 237 Å². The van der Waals surface area contributed by atoms with Gasteiger partial charge < -0.3 is 28.1 Å².